The Morgan fingerprint density at radius 1 is 1.05 bits per heavy atom. The molecule has 0 bridgehead atoms. The summed E-state index contributed by atoms with van der Waals surface area (Å²) in [5, 5.41) is 24.6. The molecule has 12 heteroatoms. The molecule has 0 saturated heterocycles. The number of rotatable bonds is 6. The van der Waals surface area contributed by atoms with Crippen LogP contribution in [0.25, 0.3) is 28.1 Å². The number of imidazole rings is 1. The predicted molar refractivity (Wildman–Crippen MR) is 128 cm³/mol. The summed E-state index contributed by atoms with van der Waals surface area (Å²) in [5.41, 5.74) is 2.62. The normalized spacial score (nSPS) is 13.6. The summed E-state index contributed by atoms with van der Waals surface area (Å²) in [6.07, 6.45) is -2.54. The number of fused-ring (bicyclic) bond motifs is 1. The van der Waals surface area contributed by atoms with Crippen molar-refractivity contribution in [2.24, 2.45) is 0 Å². The summed E-state index contributed by atoms with van der Waals surface area (Å²) in [5.74, 6) is -0.565. The minimum atomic E-state index is -4.49. The third-order valence-corrected chi connectivity index (χ3v) is 5.95. The summed E-state index contributed by atoms with van der Waals surface area (Å²) in [6, 6.07) is 12.1. The van der Waals surface area contributed by atoms with Crippen LogP contribution in [-0.2, 0) is 0 Å². The van der Waals surface area contributed by atoms with Crippen molar-refractivity contribution in [2.75, 3.05) is 0 Å². The number of aryl methyl sites for hydroxylation is 1. The smallest absolute Gasteiger partial charge is 0.397 e. The zero-order valence-electron chi connectivity index (χ0n) is 20.0. The van der Waals surface area contributed by atoms with Gasteiger partial charge in [0, 0.05) is 29.5 Å². The fourth-order valence-electron chi connectivity index (χ4n) is 3.92. The fraction of sp³-hybridized carbons (Fsp3) is 0.240. The Labute approximate surface area is 209 Å². The van der Waals surface area contributed by atoms with Gasteiger partial charge in [0.05, 0.1) is 40.1 Å². The molecule has 0 radical (unpaired) electrons. The number of nitrogens with one attached hydrogen (secondary N) is 1. The molecule has 2 unspecified atom stereocenters. The minimum absolute atomic E-state index is 0.168. The van der Waals surface area contributed by atoms with E-state index in [4.69, 9.17) is 4.74 Å². The first kappa shape index (κ1) is 24.4. The molecule has 4 aromatic heterocycles. The number of alkyl halides is 3. The molecule has 37 heavy (non-hydrogen) atoms. The lowest BCUT2D eigenvalue weighted by Gasteiger charge is -2.17. The number of ether oxygens (including phenoxy) is 1. The molecule has 0 aliphatic rings. The quantitative estimate of drug-likeness (QED) is 0.314. The van der Waals surface area contributed by atoms with E-state index < -0.39 is 18.2 Å². The Morgan fingerprint density at radius 3 is 2.57 bits per heavy atom. The number of nitrogens with zero attached hydrogens (tertiary/aromatic N) is 6. The van der Waals surface area contributed by atoms with E-state index in [1.807, 2.05) is 6.92 Å². The summed E-state index contributed by atoms with van der Waals surface area (Å²) in [4.78, 5) is 9.07. The first-order chi connectivity index (χ1) is 17.6. The van der Waals surface area contributed by atoms with E-state index in [1.54, 1.807) is 53.4 Å². The van der Waals surface area contributed by atoms with Crippen molar-refractivity contribution in [1.82, 2.24) is 34.9 Å². The standard InChI is InChI=1S/C25H22F3N7O2/c1-13-4-9-22(33-32-13)37-16-5-7-20-19(10-16)29-12-35(20)21-8-6-17(15(3)36)24(31-21)18-11-30-34-23(18)14(2)25(26,27)28/h4-12,14-15,36H,1-3H3,(H,30,34). The average Bonchev–Trinajstić information content (AvgIpc) is 3.51. The van der Waals surface area contributed by atoms with Crippen molar-refractivity contribution in [2.45, 2.75) is 39.0 Å². The molecular formula is C25H22F3N7O2. The lowest BCUT2D eigenvalue weighted by atomic mass is 9.97. The summed E-state index contributed by atoms with van der Waals surface area (Å²) in [6.45, 7) is 4.39. The van der Waals surface area contributed by atoms with Crippen molar-refractivity contribution >= 4 is 11.0 Å². The second-order valence-corrected chi connectivity index (χ2v) is 8.61. The van der Waals surface area contributed by atoms with Crippen molar-refractivity contribution in [3.05, 3.63) is 71.9 Å². The number of H-pyrrole nitrogens is 1. The number of aromatic amines is 1. The van der Waals surface area contributed by atoms with Gasteiger partial charge in [0.2, 0.25) is 5.88 Å². The second-order valence-electron chi connectivity index (χ2n) is 8.61. The first-order valence-electron chi connectivity index (χ1n) is 11.4. The summed E-state index contributed by atoms with van der Waals surface area (Å²) < 4.78 is 47.9. The van der Waals surface area contributed by atoms with Gasteiger partial charge in [-0.15, -0.1) is 5.10 Å². The molecule has 0 aliphatic heterocycles. The van der Waals surface area contributed by atoms with Crippen LogP contribution in [0.1, 0.15) is 42.8 Å². The molecule has 0 fully saturated rings. The van der Waals surface area contributed by atoms with Gasteiger partial charge < -0.3 is 9.84 Å². The largest absolute Gasteiger partial charge is 0.437 e. The molecule has 9 nitrogen and oxygen atoms in total. The number of pyridine rings is 1. The highest BCUT2D eigenvalue weighted by molar-refractivity contribution is 5.79. The van der Waals surface area contributed by atoms with Gasteiger partial charge in [-0.25, -0.2) is 9.97 Å². The molecule has 5 rings (SSSR count). The molecule has 0 amide bonds. The van der Waals surface area contributed by atoms with Gasteiger partial charge in [-0.05, 0) is 45.0 Å². The van der Waals surface area contributed by atoms with Gasteiger partial charge in [0.1, 0.15) is 17.9 Å². The van der Waals surface area contributed by atoms with Crippen LogP contribution in [0.3, 0.4) is 0 Å². The first-order valence-corrected chi connectivity index (χ1v) is 11.4. The zero-order valence-corrected chi connectivity index (χ0v) is 20.0. The Balaban J connectivity index is 1.54. The Kier molecular flexibility index (Phi) is 6.12. The molecular weight excluding hydrogens is 487 g/mol. The molecule has 190 valence electrons. The highest BCUT2D eigenvalue weighted by atomic mass is 19.4. The Morgan fingerprint density at radius 2 is 1.86 bits per heavy atom. The third kappa shape index (κ3) is 4.75. The maximum Gasteiger partial charge on any atom is 0.397 e. The number of aromatic nitrogens is 7. The van der Waals surface area contributed by atoms with E-state index in [0.29, 0.717) is 34.0 Å². The van der Waals surface area contributed by atoms with E-state index in [0.717, 1.165) is 12.6 Å². The third-order valence-electron chi connectivity index (χ3n) is 5.95. The molecule has 1 aromatic carbocycles. The van der Waals surface area contributed by atoms with Crippen molar-refractivity contribution in [3.8, 4) is 28.7 Å². The van der Waals surface area contributed by atoms with Crippen LogP contribution in [0.4, 0.5) is 13.2 Å². The number of hydrogen-bond donors (Lipinski definition) is 2. The maximum atomic E-state index is 13.5. The van der Waals surface area contributed by atoms with Crippen LogP contribution in [0.5, 0.6) is 11.6 Å². The number of aliphatic hydroxyl groups excluding tert-OH is 1. The Hall–Kier alpha value is -4.32. The lowest BCUT2D eigenvalue weighted by Crippen LogP contribution is -2.19. The summed E-state index contributed by atoms with van der Waals surface area (Å²) >= 11 is 0. The molecule has 0 spiro atoms. The lowest BCUT2D eigenvalue weighted by molar-refractivity contribution is -0.147. The van der Waals surface area contributed by atoms with Crippen LogP contribution in [0.2, 0.25) is 0 Å². The summed E-state index contributed by atoms with van der Waals surface area (Å²) in [7, 11) is 0. The SMILES string of the molecule is Cc1ccc(Oc2ccc3c(c2)ncn3-c2ccc(C(C)O)c(-c3c[nH]nc3C(C)C(F)(F)F)n2)nn1. The topological polar surface area (TPSA) is 115 Å². The molecule has 5 aromatic rings. The van der Waals surface area contributed by atoms with Crippen molar-refractivity contribution in [3.63, 3.8) is 0 Å². The predicted octanol–water partition coefficient (Wildman–Crippen LogP) is 5.42. The van der Waals surface area contributed by atoms with Gasteiger partial charge in [-0.3, -0.25) is 9.67 Å². The van der Waals surface area contributed by atoms with Crippen LogP contribution in [0.15, 0.2) is 55.0 Å². The molecule has 2 atom stereocenters. The van der Waals surface area contributed by atoms with Crippen molar-refractivity contribution in [1.29, 1.82) is 0 Å². The number of aliphatic hydroxyl groups is 1. The Bertz CT molecular complexity index is 1560. The second kappa shape index (κ2) is 9.28. The molecule has 0 saturated carbocycles. The van der Waals surface area contributed by atoms with E-state index in [-0.39, 0.29) is 17.0 Å². The highest BCUT2D eigenvalue weighted by Gasteiger charge is 2.40. The van der Waals surface area contributed by atoms with Crippen LogP contribution in [0, 0.1) is 6.92 Å². The van der Waals surface area contributed by atoms with Crippen LogP contribution in [-0.4, -0.2) is 46.2 Å². The van der Waals surface area contributed by atoms with Crippen molar-refractivity contribution < 1.29 is 23.0 Å². The average molecular weight is 509 g/mol. The maximum absolute atomic E-state index is 13.5. The van der Waals surface area contributed by atoms with Gasteiger partial charge in [-0.2, -0.15) is 23.4 Å². The van der Waals surface area contributed by atoms with Crippen LogP contribution < -0.4 is 4.74 Å². The van der Waals surface area contributed by atoms with Gasteiger partial charge in [-0.1, -0.05) is 6.07 Å². The van der Waals surface area contributed by atoms with E-state index in [2.05, 4.69) is 30.4 Å². The number of halogens is 3. The van der Waals surface area contributed by atoms with Gasteiger partial charge in [0.15, 0.2) is 0 Å². The molecule has 0 aliphatic carbocycles. The van der Waals surface area contributed by atoms with E-state index >= 15 is 0 Å². The highest BCUT2D eigenvalue weighted by Crippen LogP contribution is 2.39. The number of hydrogen-bond acceptors (Lipinski definition) is 7. The monoisotopic (exact) mass is 509 g/mol. The minimum Gasteiger partial charge on any atom is -0.437 e. The molecule has 2 N–H and O–H groups in total. The van der Waals surface area contributed by atoms with Gasteiger partial charge in [0.25, 0.3) is 0 Å². The molecule has 4 heterocycles. The zero-order chi connectivity index (χ0) is 26.3. The van der Waals surface area contributed by atoms with E-state index in [9.17, 15) is 18.3 Å². The number of benzene rings is 1. The van der Waals surface area contributed by atoms with Gasteiger partial charge >= 0.3 is 6.18 Å². The van der Waals surface area contributed by atoms with E-state index in [1.165, 1.54) is 13.1 Å². The fourth-order valence-corrected chi connectivity index (χ4v) is 3.92. The van der Waals surface area contributed by atoms with Crippen LogP contribution >= 0.6 is 0 Å².